The second kappa shape index (κ2) is 8.28. The number of hydrogen-bond donors (Lipinski definition) is 2. The van der Waals surface area contributed by atoms with Crippen molar-refractivity contribution in [3.8, 4) is 0 Å². The summed E-state index contributed by atoms with van der Waals surface area (Å²) in [6.07, 6.45) is 2.88. The van der Waals surface area contributed by atoms with E-state index in [1.165, 1.54) is 30.5 Å². The molecule has 0 spiro atoms. The maximum atomic E-state index is 13.3. The smallest absolute Gasteiger partial charge is 0.255 e. The number of amides is 1. The number of hydrogen-bond acceptors (Lipinski definition) is 4. The van der Waals surface area contributed by atoms with Crippen LogP contribution in [0.15, 0.2) is 66.9 Å². The molecule has 0 unspecified atom stereocenters. The van der Waals surface area contributed by atoms with Gasteiger partial charge in [0.15, 0.2) is 0 Å². The Morgan fingerprint density at radius 2 is 1.84 bits per heavy atom. The van der Waals surface area contributed by atoms with Crippen LogP contribution in [0.25, 0.3) is 0 Å². The fourth-order valence-corrected chi connectivity index (χ4v) is 5.08. The lowest BCUT2D eigenvalue weighted by Gasteiger charge is -2.18. The third-order valence-electron chi connectivity index (χ3n) is 5.19. The molecule has 31 heavy (non-hydrogen) atoms. The molecule has 2 N–H and O–H groups in total. The number of carbonyl (C=O) groups excluding carboxylic acids is 1. The lowest BCUT2D eigenvalue weighted by atomic mass is 10.1. The summed E-state index contributed by atoms with van der Waals surface area (Å²) in [5.74, 6) is -1.04. The molecule has 0 radical (unpaired) electrons. The number of aromatic nitrogens is 1. The highest BCUT2D eigenvalue weighted by molar-refractivity contribution is 7.94. The van der Waals surface area contributed by atoms with Crippen LogP contribution in [0.1, 0.15) is 28.8 Å². The SMILES string of the molecule is O=C(Nc1ccc(F)c(Cl)c1)c1ccnc(NS(=O)(=O)C2(Cc3ccccc3)CC2)c1. The van der Waals surface area contributed by atoms with E-state index in [9.17, 15) is 17.6 Å². The van der Waals surface area contributed by atoms with Gasteiger partial charge < -0.3 is 5.32 Å². The zero-order valence-electron chi connectivity index (χ0n) is 16.3. The molecule has 160 valence electrons. The summed E-state index contributed by atoms with van der Waals surface area (Å²) >= 11 is 5.73. The Morgan fingerprint density at radius 3 is 2.52 bits per heavy atom. The quantitative estimate of drug-likeness (QED) is 0.538. The van der Waals surface area contributed by atoms with E-state index in [0.29, 0.717) is 24.9 Å². The van der Waals surface area contributed by atoms with Gasteiger partial charge in [0.05, 0.1) is 9.77 Å². The summed E-state index contributed by atoms with van der Waals surface area (Å²) in [5.41, 5.74) is 1.46. The van der Waals surface area contributed by atoms with E-state index >= 15 is 0 Å². The average molecular weight is 460 g/mol. The number of halogens is 2. The van der Waals surface area contributed by atoms with Gasteiger partial charge in [-0.15, -0.1) is 0 Å². The molecule has 1 saturated carbocycles. The van der Waals surface area contributed by atoms with E-state index in [0.717, 1.165) is 11.6 Å². The van der Waals surface area contributed by atoms with Crippen LogP contribution in [0.4, 0.5) is 15.9 Å². The monoisotopic (exact) mass is 459 g/mol. The highest BCUT2D eigenvalue weighted by Crippen LogP contribution is 2.46. The van der Waals surface area contributed by atoms with Gasteiger partial charge >= 0.3 is 0 Å². The van der Waals surface area contributed by atoms with Gasteiger partial charge in [-0.3, -0.25) is 9.52 Å². The van der Waals surface area contributed by atoms with Gasteiger partial charge in [-0.2, -0.15) is 0 Å². The lowest BCUT2D eigenvalue weighted by Crippen LogP contribution is -2.32. The zero-order chi connectivity index (χ0) is 22.1. The zero-order valence-corrected chi connectivity index (χ0v) is 17.9. The maximum absolute atomic E-state index is 13.3. The lowest BCUT2D eigenvalue weighted by molar-refractivity contribution is 0.102. The van der Waals surface area contributed by atoms with E-state index in [-0.39, 0.29) is 16.4 Å². The number of benzene rings is 2. The third kappa shape index (κ3) is 4.70. The molecule has 4 rings (SSSR count). The molecule has 0 aliphatic heterocycles. The Hall–Kier alpha value is -2.97. The van der Waals surface area contributed by atoms with E-state index in [1.54, 1.807) is 0 Å². The highest BCUT2D eigenvalue weighted by atomic mass is 35.5. The number of anilines is 2. The minimum absolute atomic E-state index is 0.0594. The Labute approximate surface area is 184 Å². The second-order valence-electron chi connectivity index (χ2n) is 7.46. The van der Waals surface area contributed by atoms with Crippen LogP contribution in [0.2, 0.25) is 5.02 Å². The molecule has 3 aromatic rings. The Morgan fingerprint density at radius 1 is 1.10 bits per heavy atom. The Balaban J connectivity index is 1.49. The topological polar surface area (TPSA) is 88.2 Å². The molecular formula is C22H19ClFN3O3S. The van der Waals surface area contributed by atoms with Crippen molar-refractivity contribution in [3.05, 3.63) is 88.8 Å². The fraction of sp³-hybridized carbons (Fsp3) is 0.182. The number of carbonyl (C=O) groups is 1. The van der Waals surface area contributed by atoms with Crippen molar-refractivity contribution in [2.45, 2.75) is 24.0 Å². The summed E-state index contributed by atoms with van der Waals surface area (Å²) in [5, 5.41) is 2.48. The molecule has 1 aromatic heterocycles. The summed E-state index contributed by atoms with van der Waals surface area (Å²) in [6, 6.07) is 16.1. The van der Waals surface area contributed by atoms with E-state index in [4.69, 9.17) is 11.6 Å². The number of sulfonamides is 1. The van der Waals surface area contributed by atoms with E-state index in [1.807, 2.05) is 30.3 Å². The molecule has 1 aliphatic rings. The molecule has 1 amide bonds. The number of nitrogens with zero attached hydrogens (tertiary/aromatic N) is 1. The van der Waals surface area contributed by atoms with Crippen LogP contribution in [0.3, 0.4) is 0 Å². The van der Waals surface area contributed by atoms with Crippen molar-refractivity contribution in [1.82, 2.24) is 4.98 Å². The number of pyridine rings is 1. The van der Waals surface area contributed by atoms with Crippen molar-refractivity contribution in [2.24, 2.45) is 0 Å². The summed E-state index contributed by atoms with van der Waals surface area (Å²) in [7, 11) is -3.72. The molecule has 1 fully saturated rings. The fourth-order valence-electron chi connectivity index (χ4n) is 3.30. The van der Waals surface area contributed by atoms with Gasteiger partial charge in [0, 0.05) is 17.4 Å². The van der Waals surface area contributed by atoms with Gasteiger partial charge in [0.1, 0.15) is 11.6 Å². The molecular weight excluding hydrogens is 441 g/mol. The van der Waals surface area contributed by atoms with Crippen LogP contribution in [0, 0.1) is 5.82 Å². The first-order valence-corrected chi connectivity index (χ1v) is 11.4. The van der Waals surface area contributed by atoms with Crippen molar-refractivity contribution in [2.75, 3.05) is 10.0 Å². The van der Waals surface area contributed by atoms with Gasteiger partial charge in [-0.1, -0.05) is 41.9 Å². The molecule has 9 heteroatoms. The minimum atomic E-state index is -3.72. The molecule has 1 heterocycles. The van der Waals surface area contributed by atoms with Gasteiger partial charge in [0.25, 0.3) is 5.91 Å². The maximum Gasteiger partial charge on any atom is 0.255 e. The molecule has 0 atom stereocenters. The molecule has 0 saturated heterocycles. The van der Waals surface area contributed by atoms with Crippen LogP contribution in [-0.4, -0.2) is 24.1 Å². The van der Waals surface area contributed by atoms with Crippen molar-refractivity contribution in [1.29, 1.82) is 0 Å². The Kier molecular flexibility index (Phi) is 5.68. The summed E-state index contributed by atoms with van der Waals surface area (Å²) < 4.78 is 41.0. The standard InChI is InChI=1S/C22H19ClFN3O3S/c23-18-13-17(6-7-19(18)24)26-21(28)16-8-11-25-20(12-16)27-31(29,30)22(9-10-22)14-15-4-2-1-3-5-15/h1-8,11-13H,9-10,14H2,(H,25,27)(H,26,28). The van der Waals surface area contributed by atoms with Crippen molar-refractivity contribution >= 4 is 39.0 Å². The van der Waals surface area contributed by atoms with Crippen molar-refractivity contribution in [3.63, 3.8) is 0 Å². The Bertz CT molecular complexity index is 1230. The second-order valence-corrected chi connectivity index (χ2v) is 9.95. The van der Waals surface area contributed by atoms with Crippen molar-refractivity contribution < 1.29 is 17.6 Å². The molecule has 1 aliphatic carbocycles. The van der Waals surface area contributed by atoms with E-state index < -0.39 is 26.5 Å². The van der Waals surface area contributed by atoms with Crippen LogP contribution < -0.4 is 10.0 Å². The van der Waals surface area contributed by atoms with Gasteiger partial charge in [-0.25, -0.2) is 17.8 Å². The van der Waals surface area contributed by atoms with Crippen LogP contribution in [0.5, 0.6) is 0 Å². The molecule has 2 aromatic carbocycles. The number of nitrogens with one attached hydrogen (secondary N) is 2. The third-order valence-corrected chi connectivity index (χ3v) is 7.65. The minimum Gasteiger partial charge on any atom is -0.322 e. The molecule has 0 bridgehead atoms. The largest absolute Gasteiger partial charge is 0.322 e. The first-order valence-electron chi connectivity index (χ1n) is 9.57. The first-order chi connectivity index (χ1) is 14.8. The predicted octanol–water partition coefficient (Wildman–Crippen LogP) is 4.64. The van der Waals surface area contributed by atoms with E-state index in [2.05, 4.69) is 15.0 Å². The number of rotatable bonds is 7. The van der Waals surface area contributed by atoms with Crippen LogP contribution >= 0.6 is 11.6 Å². The van der Waals surface area contributed by atoms with Gasteiger partial charge in [-0.05, 0) is 55.2 Å². The molecule has 6 nitrogen and oxygen atoms in total. The highest BCUT2D eigenvalue weighted by Gasteiger charge is 2.54. The first kappa shape index (κ1) is 21.3. The summed E-state index contributed by atoms with van der Waals surface area (Å²) in [4.78, 5) is 16.6. The van der Waals surface area contributed by atoms with Crippen LogP contribution in [-0.2, 0) is 16.4 Å². The normalized spacial score (nSPS) is 14.6. The predicted molar refractivity (Wildman–Crippen MR) is 118 cm³/mol. The summed E-state index contributed by atoms with van der Waals surface area (Å²) in [6.45, 7) is 0. The van der Waals surface area contributed by atoms with Gasteiger partial charge in [0.2, 0.25) is 10.0 Å². The average Bonchev–Trinajstić information content (AvgIpc) is 3.53.